The molecule has 1 aromatic carbocycles. The van der Waals surface area contributed by atoms with Gasteiger partial charge in [-0.1, -0.05) is 15.9 Å². The van der Waals surface area contributed by atoms with Crippen LogP contribution in [0.25, 0.3) is 0 Å². The fourth-order valence-corrected chi connectivity index (χ4v) is 2.65. The number of benzene rings is 1. The molecule has 1 rings (SSSR count). The first kappa shape index (κ1) is 16.9. The highest BCUT2D eigenvalue weighted by Gasteiger charge is 2.15. The summed E-state index contributed by atoms with van der Waals surface area (Å²) in [5.41, 5.74) is 6.54. The molecule has 0 aromatic heterocycles. The van der Waals surface area contributed by atoms with Crippen molar-refractivity contribution in [1.82, 2.24) is 0 Å². The Kier molecular flexibility index (Phi) is 7.27. The van der Waals surface area contributed by atoms with Crippen LogP contribution >= 0.6 is 44.3 Å². The van der Waals surface area contributed by atoms with E-state index in [1.165, 1.54) is 6.92 Å². The lowest BCUT2D eigenvalue weighted by Crippen LogP contribution is -2.16. The lowest BCUT2D eigenvalue weighted by Gasteiger charge is -2.16. The molecule has 0 fully saturated rings. The maximum absolute atomic E-state index is 11.1. The number of nitrogens with two attached hydrogens (primary N) is 1. The summed E-state index contributed by atoms with van der Waals surface area (Å²) in [5, 5.41) is 12.4. The number of anilines is 1. The van der Waals surface area contributed by atoms with E-state index in [0.29, 0.717) is 15.7 Å². The van der Waals surface area contributed by atoms with Crippen molar-refractivity contribution < 1.29 is 9.90 Å². The maximum Gasteiger partial charge on any atom is 0.221 e. The lowest BCUT2D eigenvalue weighted by molar-refractivity contribution is -0.114. The molecule has 0 radical (unpaired) electrons. The minimum atomic E-state index is -0.810. The standard InChI is InChI=1S/C10H12Br2N2O2.ClH/c1-5(15)14-10-7(9(16)4-13)2-6(11)3-8(10)12;/h2-3,9,16H,4,13H2,1H3,(H,14,15);1H. The average Bonchev–Trinajstić information content (AvgIpc) is 2.20. The number of hydrogen-bond donors (Lipinski definition) is 3. The van der Waals surface area contributed by atoms with Crippen LogP contribution < -0.4 is 11.1 Å². The summed E-state index contributed by atoms with van der Waals surface area (Å²) in [5.74, 6) is -0.200. The van der Waals surface area contributed by atoms with Gasteiger partial charge in [-0.25, -0.2) is 0 Å². The third-order valence-electron chi connectivity index (χ3n) is 1.97. The molecule has 1 unspecified atom stereocenters. The summed E-state index contributed by atoms with van der Waals surface area (Å²) in [6, 6.07) is 3.52. The van der Waals surface area contributed by atoms with Gasteiger partial charge in [0.2, 0.25) is 5.91 Å². The van der Waals surface area contributed by atoms with Gasteiger partial charge in [-0.15, -0.1) is 12.4 Å². The first-order valence-electron chi connectivity index (χ1n) is 4.60. The third kappa shape index (κ3) is 4.56. The van der Waals surface area contributed by atoms with E-state index in [-0.39, 0.29) is 24.9 Å². The SMILES string of the molecule is CC(=O)Nc1c(Br)cc(Br)cc1C(O)CN.Cl. The molecular weight excluding hydrogens is 375 g/mol. The van der Waals surface area contributed by atoms with Crippen molar-refractivity contribution in [3.8, 4) is 0 Å². The molecule has 4 N–H and O–H groups in total. The molecule has 7 heteroatoms. The number of rotatable bonds is 3. The van der Waals surface area contributed by atoms with Crippen molar-refractivity contribution in [2.24, 2.45) is 5.73 Å². The van der Waals surface area contributed by atoms with Crippen molar-refractivity contribution in [2.45, 2.75) is 13.0 Å². The Morgan fingerprint density at radius 1 is 1.53 bits per heavy atom. The molecule has 0 bridgehead atoms. The summed E-state index contributed by atoms with van der Waals surface area (Å²) in [7, 11) is 0. The molecular formula is C10H13Br2ClN2O2. The maximum atomic E-state index is 11.1. The normalized spacial score (nSPS) is 11.6. The Labute approximate surface area is 123 Å². The molecule has 0 saturated carbocycles. The van der Waals surface area contributed by atoms with Crippen LogP contribution in [0.15, 0.2) is 21.1 Å². The molecule has 0 spiro atoms. The van der Waals surface area contributed by atoms with Crippen LogP contribution in [0.1, 0.15) is 18.6 Å². The van der Waals surface area contributed by atoms with E-state index in [1.807, 2.05) is 0 Å². The van der Waals surface area contributed by atoms with E-state index < -0.39 is 6.10 Å². The van der Waals surface area contributed by atoms with Crippen LogP contribution in [0.4, 0.5) is 5.69 Å². The van der Waals surface area contributed by atoms with Crippen molar-refractivity contribution in [1.29, 1.82) is 0 Å². The zero-order chi connectivity index (χ0) is 12.3. The number of nitrogens with one attached hydrogen (secondary N) is 1. The second-order valence-electron chi connectivity index (χ2n) is 3.28. The van der Waals surface area contributed by atoms with Crippen molar-refractivity contribution in [2.75, 3.05) is 11.9 Å². The van der Waals surface area contributed by atoms with Crippen LogP contribution in [0.2, 0.25) is 0 Å². The van der Waals surface area contributed by atoms with Gasteiger partial charge in [-0.05, 0) is 28.1 Å². The van der Waals surface area contributed by atoms with Crippen molar-refractivity contribution in [3.63, 3.8) is 0 Å². The van der Waals surface area contributed by atoms with Gasteiger partial charge in [0.25, 0.3) is 0 Å². The minimum Gasteiger partial charge on any atom is -0.387 e. The molecule has 4 nitrogen and oxygen atoms in total. The van der Waals surface area contributed by atoms with Gasteiger partial charge < -0.3 is 16.2 Å². The Balaban J connectivity index is 0.00000256. The monoisotopic (exact) mass is 386 g/mol. The summed E-state index contributed by atoms with van der Waals surface area (Å²) >= 11 is 6.64. The summed E-state index contributed by atoms with van der Waals surface area (Å²) < 4.78 is 1.50. The fraction of sp³-hybridized carbons (Fsp3) is 0.300. The summed E-state index contributed by atoms with van der Waals surface area (Å²) in [6.45, 7) is 1.50. The van der Waals surface area contributed by atoms with Crippen LogP contribution in [-0.4, -0.2) is 17.6 Å². The van der Waals surface area contributed by atoms with E-state index in [4.69, 9.17) is 5.73 Å². The van der Waals surface area contributed by atoms with Crippen LogP contribution in [0, 0.1) is 0 Å². The third-order valence-corrected chi connectivity index (χ3v) is 3.05. The van der Waals surface area contributed by atoms with Crippen molar-refractivity contribution >= 4 is 55.9 Å². The van der Waals surface area contributed by atoms with Gasteiger partial charge in [0.05, 0.1) is 11.8 Å². The Bertz CT molecular complexity index is 416. The Morgan fingerprint density at radius 3 is 2.59 bits per heavy atom. The van der Waals surface area contributed by atoms with Gasteiger partial charge in [0, 0.05) is 28.0 Å². The quantitative estimate of drug-likeness (QED) is 0.745. The molecule has 96 valence electrons. The fourth-order valence-electron chi connectivity index (χ4n) is 1.29. The summed E-state index contributed by atoms with van der Waals surface area (Å²) in [6.07, 6.45) is -0.810. The van der Waals surface area contributed by atoms with E-state index >= 15 is 0 Å². The molecule has 0 aliphatic heterocycles. The van der Waals surface area contributed by atoms with Crippen LogP contribution in [0.3, 0.4) is 0 Å². The largest absolute Gasteiger partial charge is 0.387 e. The number of aliphatic hydroxyl groups is 1. The lowest BCUT2D eigenvalue weighted by atomic mass is 10.1. The van der Waals surface area contributed by atoms with Gasteiger partial charge in [0.15, 0.2) is 0 Å². The number of carbonyl (C=O) groups is 1. The van der Waals surface area contributed by atoms with Gasteiger partial charge in [-0.3, -0.25) is 4.79 Å². The molecule has 0 heterocycles. The van der Waals surface area contributed by atoms with E-state index in [0.717, 1.165) is 4.47 Å². The van der Waals surface area contributed by atoms with E-state index in [9.17, 15) is 9.90 Å². The Morgan fingerprint density at radius 2 is 2.12 bits per heavy atom. The van der Waals surface area contributed by atoms with E-state index in [2.05, 4.69) is 37.2 Å². The second kappa shape index (κ2) is 7.33. The molecule has 0 aliphatic carbocycles. The first-order chi connectivity index (χ1) is 7.45. The summed E-state index contributed by atoms with van der Waals surface area (Å²) in [4.78, 5) is 11.1. The minimum absolute atomic E-state index is 0. The topological polar surface area (TPSA) is 75.3 Å². The molecule has 1 aromatic rings. The van der Waals surface area contributed by atoms with Gasteiger partial charge in [-0.2, -0.15) is 0 Å². The van der Waals surface area contributed by atoms with Gasteiger partial charge >= 0.3 is 0 Å². The van der Waals surface area contributed by atoms with Gasteiger partial charge in [0.1, 0.15) is 0 Å². The van der Waals surface area contributed by atoms with Crippen LogP contribution in [-0.2, 0) is 4.79 Å². The molecule has 0 saturated heterocycles. The van der Waals surface area contributed by atoms with E-state index in [1.54, 1.807) is 12.1 Å². The molecule has 1 amide bonds. The Hall–Kier alpha value is -0.140. The zero-order valence-corrected chi connectivity index (χ0v) is 13.0. The molecule has 1 atom stereocenters. The second-order valence-corrected chi connectivity index (χ2v) is 5.05. The van der Waals surface area contributed by atoms with Crippen LogP contribution in [0.5, 0.6) is 0 Å². The average molecular weight is 388 g/mol. The highest BCUT2D eigenvalue weighted by atomic mass is 79.9. The smallest absolute Gasteiger partial charge is 0.221 e. The number of carbonyl (C=O) groups excluding carboxylic acids is 1. The number of halogens is 3. The number of hydrogen-bond acceptors (Lipinski definition) is 3. The highest BCUT2D eigenvalue weighted by Crippen LogP contribution is 2.34. The number of amides is 1. The zero-order valence-electron chi connectivity index (χ0n) is 9.04. The molecule has 0 aliphatic rings. The van der Waals surface area contributed by atoms with Crippen molar-refractivity contribution in [3.05, 3.63) is 26.6 Å². The highest BCUT2D eigenvalue weighted by molar-refractivity contribution is 9.11. The predicted molar refractivity (Wildman–Crippen MR) is 77.4 cm³/mol. The first-order valence-corrected chi connectivity index (χ1v) is 6.19. The molecule has 17 heavy (non-hydrogen) atoms. The predicted octanol–water partition coefficient (Wildman–Crippen LogP) is 2.58. The number of aliphatic hydroxyl groups excluding tert-OH is 1.